The summed E-state index contributed by atoms with van der Waals surface area (Å²) >= 11 is 3.55. The molecule has 3 heteroatoms. The SMILES string of the molecule is Brc1ccccc1COc1cccc2c1NCCC2. The molecule has 2 aromatic rings. The Balaban J connectivity index is 1.79. The van der Waals surface area contributed by atoms with E-state index in [2.05, 4.69) is 39.4 Å². The van der Waals surface area contributed by atoms with Crippen LogP contribution in [0.5, 0.6) is 5.75 Å². The number of para-hydroxylation sites is 1. The molecule has 0 aromatic heterocycles. The molecular formula is C16H16BrNO. The molecule has 3 rings (SSSR count). The van der Waals surface area contributed by atoms with Crippen molar-refractivity contribution in [2.75, 3.05) is 11.9 Å². The summed E-state index contributed by atoms with van der Waals surface area (Å²) in [4.78, 5) is 0. The normalized spacial score (nSPS) is 13.5. The molecule has 1 N–H and O–H groups in total. The van der Waals surface area contributed by atoms with Crippen molar-refractivity contribution in [2.45, 2.75) is 19.4 Å². The number of rotatable bonds is 3. The van der Waals surface area contributed by atoms with E-state index in [1.54, 1.807) is 0 Å². The second kappa shape index (κ2) is 5.66. The standard InChI is InChI=1S/C16H16BrNO/c17-14-8-2-1-5-13(14)11-19-15-9-3-6-12-7-4-10-18-16(12)15/h1-3,5-6,8-9,18H,4,7,10-11H2. The van der Waals surface area contributed by atoms with Gasteiger partial charge in [0.2, 0.25) is 0 Å². The van der Waals surface area contributed by atoms with Gasteiger partial charge in [-0.25, -0.2) is 0 Å². The number of hydrogen-bond donors (Lipinski definition) is 1. The fourth-order valence-corrected chi connectivity index (χ4v) is 2.77. The van der Waals surface area contributed by atoms with Crippen LogP contribution in [0.1, 0.15) is 17.5 Å². The van der Waals surface area contributed by atoms with Crippen LogP contribution in [0, 0.1) is 0 Å². The summed E-state index contributed by atoms with van der Waals surface area (Å²) in [7, 11) is 0. The van der Waals surface area contributed by atoms with Gasteiger partial charge in [0, 0.05) is 16.6 Å². The molecule has 0 amide bonds. The average molecular weight is 318 g/mol. The van der Waals surface area contributed by atoms with Crippen molar-refractivity contribution >= 4 is 21.6 Å². The van der Waals surface area contributed by atoms with E-state index in [-0.39, 0.29) is 0 Å². The van der Waals surface area contributed by atoms with E-state index in [0.29, 0.717) is 6.61 Å². The molecular weight excluding hydrogens is 302 g/mol. The van der Waals surface area contributed by atoms with Crippen molar-refractivity contribution in [1.29, 1.82) is 0 Å². The van der Waals surface area contributed by atoms with Crippen LogP contribution < -0.4 is 10.1 Å². The molecule has 0 bridgehead atoms. The highest BCUT2D eigenvalue weighted by molar-refractivity contribution is 9.10. The summed E-state index contributed by atoms with van der Waals surface area (Å²) in [5, 5.41) is 3.45. The van der Waals surface area contributed by atoms with Crippen LogP contribution in [0.2, 0.25) is 0 Å². The molecule has 2 aromatic carbocycles. The number of anilines is 1. The Morgan fingerprint density at radius 2 is 2.00 bits per heavy atom. The molecule has 1 aliphatic rings. The molecule has 0 saturated carbocycles. The Morgan fingerprint density at radius 1 is 1.11 bits per heavy atom. The van der Waals surface area contributed by atoms with Crippen LogP contribution in [0.15, 0.2) is 46.9 Å². The summed E-state index contributed by atoms with van der Waals surface area (Å²) in [6, 6.07) is 14.4. The average Bonchev–Trinajstić information content (AvgIpc) is 2.46. The fourth-order valence-electron chi connectivity index (χ4n) is 2.37. The van der Waals surface area contributed by atoms with E-state index in [0.717, 1.165) is 28.8 Å². The molecule has 0 aliphatic carbocycles. The monoisotopic (exact) mass is 317 g/mol. The fraction of sp³-hybridized carbons (Fsp3) is 0.250. The first-order chi connectivity index (χ1) is 9.34. The lowest BCUT2D eigenvalue weighted by Gasteiger charge is -2.21. The maximum atomic E-state index is 5.98. The molecule has 0 saturated heterocycles. The van der Waals surface area contributed by atoms with Crippen LogP contribution in [-0.4, -0.2) is 6.54 Å². The van der Waals surface area contributed by atoms with Crippen LogP contribution in [0.3, 0.4) is 0 Å². The van der Waals surface area contributed by atoms with Gasteiger partial charge in [0.05, 0.1) is 5.69 Å². The summed E-state index contributed by atoms with van der Waals surface area (Å²) < 4.78 is 7.07. The van der Waals surface area contributed by atoms with Gasteiger partial charge >= 0.3 is 0 Å². The van der Waals surface area contributed by atoms with Gasteiger partial charge < -0.3 is 10.1 Å². The molecule has 1 heterocycles. The first kappa shape index (κ1) is 12.5. The van der Waals surface area contributed by atoms with Crippen molar-refractivity contribution in [3.63, 3.8) is 0 Å². The molecule has 0 atom stereocenters. The van der Waals surface area contributed by atoms with E-state index in [1.807, 2.05) is 24.3 Å². The summed E-state index contributed by atoms with van der Waals surface area (Å²) in [5.74, 6) is 0.952. The van der Waals surface area contributed by atoms with E-state index >= 15 is 0 Å². The van der Waals surface area contributed by atoms with Crippen molar-refractivity contribution in [3.05, 3.63) is 58.1 Å². The maximum absolute atomic E-state index is 5.98. The van der Waals surface area contributed by atoms with Gasteiger partial charge in [0.1, 0.15) is 12.4 Å². The van der Waals surface area contributed by atoms with E-state index < -0.39 is 0 Å². The lowest BCUT2D eigenvalue weighted by atomic mass is 10.0. The predicted octanol–water partition coefficient (Wildman–Crippen LogP) is 4.39. The highest BCUT2D eigenvalue weighted by atomic mass is 79.9. The number of nitrogens with one attached hydrogen (secondary N) is 1. The summed E-state index contributed by atoms with van der Waals surface area (Å²) in [5.41, 5.74) is 3.69. The Hall–Kier alpha value is -1.48. The van der Waals surface area contributed by atoms with Gasteiger partial charge in [0.15, 0.2) is 0 Å². The zero-order valence-electron chi connectivity index (χ0n) is 10.7. The molecule has 0 radical (unpaired) electrons. The highest BCUT2D eigenvalue weighted by Gasteiger charge is 2.13. The maximum Gasteiger partial charge on any atom is 0.143 e. The minimum absolute atomic E-state index is 0.583. The number of fused-ring (bicyclic) bond motifs is 1. The minimum Gasteiger partial charge on any atom is -0.487 e. The first-order valence-electron chi connectivity index (χ1n) is 6.56. The zero-order valence-corrected chi connectivity index (χ0v) is 12.2. The smallest absolute Gasteiger partial charge is 0.143 e. The van der Waals surface area contributed by atoms with Crippen LogP contribution in [0.4, 0.5) is 5.69 Å². The van der Waals surface area contributed by atoms with Crippen LogP contribution in [0.25, 0.3) is 0 Å². The quantitative estimate of drug-likeness (QED) is 0.906. The van der Waals surface area contributed by atoms with Gasteiger partial charge in [-0.1, -0.05) is 46.3 Å². The Labute approximate surface area is 121 Å². The van der Waals surface area contributed by atoms with E-state index in [9.17, 15) is 0 Å². The molecule has 0 spiro atoms. The number of halogens is 1. The largest absolute Gasteiger partial charge is 0.487 e. The summed E-state index contributed by atoms with van der Waals surface area (Å²) in [6.07, 6.45) is 2.33. The number of ether oxygens (including phenoxy) is 1. The predicted molar refractivity (Wildman–Crippen MR) is 81.7 cm³/mol. The van der Waals surface area contributed by atoms with Crippen molar-refractivity contribution in [3.8, 4) is 5.75 Å². The molecule has 2 nitrogen and oxygen atoms in total. The van der Waals surface area contributed by atoms with Gasteiger partial charge in [-0.3, -0.25) is 0 Å². The van der Waals surface area contributed by atoms with Gasteiger partial charge in [-0.2, -0.15) is 0 Å². The third kappa shape index (κ3) is 2.76. The molecule has 1 aliphatic heterocycles. The molecule has 98 valence electrons. The van der Waals surface area contributed by atoms with Crippen molar-refractivity contribution in [2.24, 2.45) is 0 Å². The lowest BCUT2D eigenvalue weighted by Crippen LogP contribution is -2.13. The number of hydrogen-bond acceptors (Lipinski definition) is 2. The third-order valence-corrected chi connectivity index (χ3v) is 4.15. The van der Waals surface area contributed by atoms with Crippen LogP contribution >= 0.6 is 15.9 Å². The van der Waals surface area contributed by atoms with Crippen molar-refractivity contribution < 1.29 is 4.74 Å². The topological polar surface area (TPSA) is 21.3 Å². The van der Waals surface area contributed by atoms with E-state index in [4.69, 9.17) is 4.74 Å². The number of aryl methyl sites for hydroxylation is 1. The Morgan fingerprint density at radius 3 is 2.89 bits per heavy atom. The second-order valence-corrected chi connectivity index (χ2v) is 5.56. The van der Waals surface area contributed by atoms with Gasteiger partial charge in [-0.05, 0) is 30.5 Å². The van der Waals surface area contributed by atoms with Gasteiger partial charge in [0.25, 0.3) is 0 Å². The molecule has 0 unspecified atom stereocenters. The number of benzene rings is 2. The van der Waals surface area contributed by atoms with E-state index in [1.165, 1.54) is 17.7 Å². The highest BCUT2D eigenvalue weighted by Crippen LogP contribution is 2.32. The Kier molecular flexibility index (Phi) is 3.74. The van der Waals surface area contributed by atoms with Gasteiger partial charge in [-0.15, -0.1) is 0 Å². The van der Waals surface area contributed by atoms with Crippen LogP contribution in [-0.2, 0) is 13.0 Å². The Bertz CT molecular complexity index is 583. The minimum atomic E-state index is 0.583. The van der Waals surface area contributed by atoms with Crippen molar-refractivity contribution in [1.82, 2.24) is 0 Å². The zero-order chi connectivity index (χ0) is 13.1. The molecule has 19 heavy (non-hydrogen) atoms. The summed E-state index contributed by atoms with van der Waals surface area (Å²) in [6.45, 7) is 1.61. The first-order valence-corrected chi connectivity index (χ1v) is 7.36. The second-order valence-electron chi connectivity index (χ2n) is 4.70. The molecule has 0 fully saturated rings. The third-order valence-electron chi connectivity index (χ3n) is 3.38. The lowest BCUT2D eigenvalue weighted by molar-refractivity contribution is 0.306.